The van der Waals surface area contributed by atoms with Crippen LogP contribution in [0.15, 0.2) is 71.9 Å². The van der Waals surface area contributed by atoms with Gasteiger partial charge in [-0.3, -0.25) is 0 Å². The SMILES string of the molecule is C=C(C)C(=O)OCC(COC(=O)C(=C)C)OC(=O)C1=C(C)\C=C/C=C\CC/C=C\1. The second-order valence-electron chi connectivity index (χ2n) is 6.65. The van der Waals surface area contributed by atoms with E-state index in [9.17, 15) is 14.4 Å². The summed E-state index contributed by atoms with van der Waals surface area (Å²) < 4.78 is 15.6. The summed E-state index contributed by atoms with van der Waals surface area (Å²) in [6, 6.07) is 0. The number of hydrogen-bond donors (Lipinski definition) is 0. The van der Waals surface area contributed by atoms with Crippen LogP contribution < -0.4 is 0 Å². The maximum absolute atomic E-state index is 12.7. The van der Waals surface area contributed by atoms with Crippen molar-refractivity contribution in [1.29, 1.82) is 0 Å². The van der Waals surface area contributed by atoms with Gasteiger partial charge < -0.3 is 14.2 Å². The fourth-order valence-corrected chi connectivity index (χ4v) is 2.13. The molecule has 0 saturated carbocycles. The first-order valence-electron chi connectivity index (χ1n) is 9.29. The Morgan fingerprint density at radius 3 is 2.03 bits per heavy atom. The molecule has 0 aromatic heterocycles. The highest BCUT2D eigenvalue weighted by Crippen LogP contribution is 2.14. The summed E-state index contributed by atoms with van der Waals surface area (Å²) in [6.45, 7) is 11.3. The average molecular weight is 400 g/mol. The van der Waals surface area contributed by atoms with Crippen molar-refractivity contribution in [2.24, 2.45) is 0 Å². The second-order valence-corrected chi connectivity index (χ2v) is 6.65. The van der Waals surface area contributed by atoms with Gasteiger partial charge in [0.2, 0.25) is 0 Å². The Kier molecular flexibility index (Phi) is 10.2. The van der Waals surface area contributed by atoms with Crippen LogP contribution in [0.3, 0.4) is 0 Å². The van der Waals surface area contributed by atoms with E-state index in [0.29, 0.717) is 5.57 Å². The van der Waals surface area contributed by atoms with E-state index in [1.165, 1.54) is 13.8 Å². The van der Waals surface area contributed by atoms with Crippen molar-refractivity contribution in [3.8, 4) is 0 Å². The van der Waals surface area contributed by atoms with Crippen LogP contribution in [0, 0.1) is 0 Å². The first-order valence-corrected chi connectivity index (χ1v) is 9.29. The molecule has 1 rings (SSSR count). The molecular weight excluding hydrogens is 372 g/mol. The average Bonchev–Trinajstić information content (AvgIpc) is 2.67. The van der Waals surface area contributed by atoms with Crippen LogP contribution in [-0.4, -0.2) is 37.2 Å². The lowest BCUT2D eigenvalue weighted by atomic mass is 10.1. The van der Waals surface area contributed by atoms with Gasteiger partial charge in [0.25, 0.3) is 0 Å². The van der Waals surface area contributed by atoms with Gasteiger partial charge >= 0.3 is 17.9 Å². The van der Waals surface area contributed by atoms with Gasteiger partial charge in [0.15, 0.2) is 6.10 Å². The maximum Gasteiger partial charge on any atom is 0.338 e. The van der Waals surface area contributed by atoms with Crippen molar-refractivity contribution >= 4 is 17.9 Å². The second kappa shape index (κ2) is 12.3. The van der Waals surface area contributed by atoms with E-state index >= 15 is 0 Å². The number of allylic oxidation sites excluding steroid dienone is 6. The predicted octanol–water partition coefficient (Wildman–Crippen LogP) is 3.92. The van der Waals surface area contributed by atoms with Crippen molar-refractivity contribution in [2.75, 3.05) is 13.2 Å². The minimum absolute atomic E-state index is 0.209. The zero-order valence-electron chi connectivity index (χ0n) is 17.2. The summed E-state index contributed by atoms with van der Waals surface area (Å²) in [7, 11) is 0. The van der Waals surface area contributed by atoms with Crippen LogP contribution >= 0.6 is 0 Å². The van der Waals surface area contributed by atoms with Gasteiger partial charge in [-0.05, 0) is 39.2 Å². The molecule has 0 N–H and O–H groups in total. The fraction of sp³-hybridized carbons (Fsp3) is 0.348. The smallest absolute Gasteiger partial charge is 0.338 e. The van der Waals surface area contributed by atoms with E-state index in [-0.39, 0.29) is 24.4 Å². The Balaban J connectivity index is 2.95. The molecule has 0 amide bonds. The third kappa shape index (κ3) is 9.06. The third-order valence-corrected chi connectivity index (χ3v) is 3.79. The third-order valence-electron chi connectivity index (χ3n) is 3.79. The van der Waals surface area contributed by atoms with E-state index in [4.69, 9.17) is 14.2 Å². The van der Waals surface area contributed by atoms with Crippen molar-refractivity contribution in [3.05, 3.63) is 71.9 Å². The van der Waals surface area contributed by atoms with E-state index in [2.05, 4.69) is 13.2 Å². The normalized spacial score (nSPS) is 19.6. The van der Waals surface area contributed by atoms with Gasteiger partial charge in [-0.25, -0.2) is 14.4 Å². The summed E-state index contributed by atoms with van der Waals surface area (Å²) in [5.41, 5.74) is 1.51. The van der Waals surface area contributed by atoms with Crippen LogP contribution in [0.2, 0.25) is 0 Å². The lowest BCUT2D eigenvalue weighted by Crippen LogP contribution is -2.31. The molecule has 0 fully saturated rings. The van der Waals surface area contributed by atoms with Crippen molar-refractivity contribution in [3.63, 3.8) is 0 Å². The van der Waals surface area contributed by atoms with E-state index in [1.807, 2.05) is 24.3 Å². The van der Waals surface area contributed by atoms with E-state index in [0.717, 1.165) is 18.4 Å². The molecule has 6 heteroatoms. The Morgan fingerprint density at radius 2 is 1.48 bits per heavy atom. The molecular formula is C23H28O6. The quantitative estimate of drug-likeness (QED) is 0.349. The largest absolute Gasteiger partial charge is 0.458 e. The summed E-state index contributed by atoms with van der Waals surface area (Å²) >= 11 is 0. The van der Waals surface area contributed by atoms with Gasteiger partial charge in [-0.15, -0.1) is 0 Å². The van der Waals surface area contributed by atoms with Gasteiger partial charge in [0.1, 0.15) is 13.2 Å². The molecule has 0 atom stereocenters. The molecule has 0 bridgehead atoms. The molecule has 0 heterocycles. The minimum Gasteiger partial charge on any atom is -0.458 e. The summed E-state index contributed by atoms with van der Waals surface area (Å²) in [5, 5.41) is 0. The summed E-state index contributed by atoms with van der Waals surface area (Å²) in [5.74, 6) is -1.85. The van der Waals surface area contributed by atoms with Crippen LogP contribution in [0.4, 0.5) is 0 Å². The van der Waals surface area contributed by atoms with Crippen molar-refractivity contribution < 1.29 is 28.6 Å². The minimum atomic E-state index is -0.970. The monoisotopic (exact) mass is 400 g/mol. The molecule has 0 saturated heterocycles. The lowest BCUT2D eigenvalue weighted by Gasteiger charge is -2.19. The Hall–Kier alpha value is -3.15. The molecule has 0 radical (unpaired) electrons. The molecule has 0 aromatic carbocycles. The van der Waals surface area contributed by atoms with Gasteiger partial charge in [-0.1, -0.05) is 49.6 Å². The van der Waals surface area contributed by atoms with Gasteiger partial charge in [0.05, 0.1) is 5.57 Å². The standard InChI is InChI=1S/C23H28O6/c1-16(2)21(24)27-14-19(15-28-22(25)17(3)4)29-23(26)20-13-11-9-7-6-8-10-12-18(20)5/h6,8,10-13,19H,1,3,7,9,14-15H2,2,4-5H3/b8-6-,12-10-,13-11-,20-18-. The predicted molar refractivity (Wildman–Crippen MR) is 111 cm³/mol. The molecule has 0 aliphatic heterocycles. The summed E-state index contributed by atoms with van der Waals surface area (Å²) in [4.78, 5) is 36.1. The molecule has 29 heavy (non-hydrogen) atoms. The van der Waals surface area contributed by atoms with Crippen LogP contribution in [0.1, 0.15) is 33.6 Å². The summed E-state index contributed by atoms with van der Waals surface area (Å²) in [6.07, 6.45) is 11.9. The van der Waals surface area contributed by atoms with Crippen molar-refractivity contribution in [1.82, 2.24) is 0 Å². The lowest BCUT2D eigenvalue weighted by molar-refractivity contribution is -0.161. The molecule has 156 valence electrons. The van der Waals surface area contributed by atoms with Gasteiger partial charge in [0, 0.05) is 11.1 Å². The first-order chi connectivity index (χ1) is 13.7. The fourth-order valence-electron chi connectivity index (χ4n) is 2.13. The zero-order chi connectivity index (χ0) is 21.8. The molecule has 0 aromatic rings. The van der Waals surface area contributed by atoms with Crippen LogP contribution in [0.5, 0.6) is 0 Å². The number of hydrogen-bond acceptors (Lipinski definition) is 6. The first kappa shape index (κ1) is 23.9. The Bertz CT molecular complexity index is 749. The number of rotatable bonds is 8. The van der Waals surface area contributed by atoms with Crippen LogP contribution in [-0.2, 0) is 28.6 Å². The number of carbonyl (C=O) groups is 3. The van der Waals surface area contributed by atoms with Crippen LogP contribution in [0.25, 0.3) is 0 Å². The maximum atomic E-state index is 12.7. The zero-order valence-corrected chi connectivity index (χ0v) is 17.2. The molecule has 6 nitrogen and oxygen atoms in total. The Labute approximate surface area is 171 Å². The van der Waals surface area contributed by atoms with E-state index in [1.54, 1.807) is 19.1 Å². The Morgan fingerprint density at radius 1 is 0.931 bits per heavy atom. The van der Waals surface area contributed by atoms with Crippen molar-refractivity contribution in [2.45, 2.75) is 39.7 Å². The highest BCUT2D eigenvalue weighted by Gasteiger charge is 2.22. The highest BCUT2D eigenvalue weighted by molar-refractivity contribution is 5.93. The molecule has 1 aliphatic rings. The number of ether oxygens (including phenoxy) is 3. The van der Waals surface area contributed by atoms with E-state index < -0.39 is 24.0 Å². The number of carbonyl (C=O) groups excluding carboxylic acids is 3. The topological polar surface area (TPSA) is 78.9 Å². The van der Waals surface area contributed by atoms with Gasteiger partial charge in [-0.2, -0.15) is 0 Å². The molecule has 1 aliphatic carbocycles. The molecule has 0 spiro atoms. The number of esters is 3. The highest BCUT2D eigenvalue weighted by atomic mass is 16.6. The molecule has 0 unspecified atom stereocenters.